The molecule has 1 saturated carbocycles. The Morgan fingerprint density at radius 3 is 3.09 bits per heavy atom. The van der Waals surface area contributed by atoms with E-state index in [0.717, 1.165) is 23.3 Å². The molecule has 2 aliphatic rings. The minimum absolute atomic E-state index is 0.288. The summed E-state index contributed by atoms with van der Waals surface area (Å²) in [6.45, 7) is 0.811. The first-order valence-corrected chi connectivity index (χ1v) is 7.63. The van der Waals surface area contributed by atoms with E-state index in [1.807, 2.05) is 12.3 Å². The number of hydrogen-bond donors (Lipinski definition) is 1. The van der Waals surface area contributed by atoms with E-state index in [9.17, 15) is 0 Å². The average Bonchev–Trinajstić information content (AvgIpc) is 3.12. The van der Waals surface area contributed by atoms with Gasteiger partial charge in [0.05, 0.1) is 24.2 Å². The molecule has 0 radical (unpaired) electrons. The van der Waals surface area contributed by atoms with Crippen molar-refractivity contribution < 1.29 is 0 Å². The summed E-state index contributed by atoms with van der Waals surface area (Å²) in [7, 11) is 2.08. The third-order valence-electron chi connectivity index (χ3n) is 4.55. The average molecular weight is 294 g/mol. The molecule has 1 N–H and O–H groups in total. The van der Waals surface area contributed by atoms with Crippen LogP contribution in [-0.2, 0) is 0 Å². The van der Waals surface area contributed by atoms with Crippen molar-refractivity contribution in [1.82, 2.24) is 25.0 Å². The first kappa shape index (κ1) is 13.3. The zero-order valence-corrected chi connectivity index (χ0v) is 12.5. The van der Waals surface area contributed by atoms with Gasteiger partial charge in [-0.05, 0) is 24.8 Å². The van der Waals surface area contributed by atoms with Crippen LogP contribution in [0.3, 0.4) is 0 Å². The molecule has 4 rings (SSSR count). The van der Waals surface area contributed by atoms with Crippen LogP contribution in [0.25, 0.3) is 16.6 Å². The van der Waals surface area contributed by atoms with Gasteiger partial charge in [0.2, 0.25) is 0 Å². The van der Waals surface area contributed by atoms with Gasteiger partial charge in [-0.1, -0.05) is 0 Å². The molecule has 1 aliphatic heterocycles. The highest BCUT2D eigenvalue weighted by Gasteiger charge is 2.38. The third kappa shape index (κ3) is 2.14. The number of fused-ring (bicyclic) bond motifs is 1. The van der Waals surface area contributed by atoms with Crippen molar-refractivity contribution >= 4 is 16.6 Å². The number of H-pyrrole nitrogens is 1. The van der Waals surface area contributed by atoms with Gasteiger partial charge in [0.25, 0.3) is 0 Å². The summed E-state index contributed by atoms with van der Waals surface area (Å²) in [6.07, 6.45) is 8.69. The van der Waals surface area contributed by atoms with Crippen LogP contribution < -0.4 is 0 Å². The van der Waals surface area contributed by atoms with Crippen LogP contribution in [0.2, 0.25) is 0 Å². The van der Waals surface area contributed by atoms with E-state index in [1.54, 1.807) is 6.33 Å². The molecule has 6 heteroatoms. The third-order valence-corrected chi connectivity index (χ3v) is 4.55. The number of hydrazine groups is 1. The lowest BCUT2D eigenvalue weighted by molar-refractivity contribution is 0.0300. The second-order valence-electron chi connectivity index (χ2n) is 6.08. The molecule has 22 heavy (non-hydrogen) atoms. The lowest BCUT2D eigenvalue weighted by Crippen LogP contribution is -2.41. The standard InChI is InChI=1S/C16H18N6/c1-21-8-12(9-22(21)14(4-6-17)11-2-3-11)15-13-5-7-18-16(13)20-10-19-15/h5,7,9-11,14H,2-4,8H2,1H3,(H,18,19,20)/t14-/m1/s1. The molecule has 0 bridgehead atoms. The fourth-order valence-corrected chi connectivity index (χ4v) is 3.29. The highest BCUT2D eigenvalue weighted by Crippen LogP contribution is 2.39. The zero-order chi connectivity index (χ0) is 15.1. The fourth-order valence-electron chi connectivity index (χ4n) is 3.29. The van der Waals surface area contributed by atoms with E-state index in [0.29, 0.717) is 12.3 Å². The monoisotopic (exact) mass is 294 g/mol. The number of hydrogen-bond acceptors (Lipinski definition) is 5. The van der Waals surface area contributed by atoms with Gasteiger partial charge >= 0.3 is 0 Å². The van der Waals surface area contributed by atoms with Gasteiger partial charge in [-0.15, -0.1) is 0 Å². The van der Waals surface area contributed by atoms with Crippen molar-refractivity contribution in [3.8, 4) is 6.07 Å². The molecule has 0 unspecified atom stereocenters. The summed E-state index contributed by atoms with van der Waals surface area (Å²) in [4.78, 5) is 11.9. The molecule has 1 aliphatic carbocycles. The Morgan fingerprint density at radius 2 is 2.32 bits per heavy atom. The lowest BCUT2D eigenvalue weighted by atomic mass is 10.1. The van der Waals surface area contributed by atoms with Crippen molar-refractivity contribution in [2.45, 2.75) is 25.3 Å². The van der Waals surface area contributed by atoms with Crippen molar-refractivity contribution in [3.63, 3.8) is 0 Å². The largest absolute Gasteiger partial charge is 0.346 e. The van der Waals surface area contributed by atoms with E-state index in [-0.39, 0.29) is 6.04 Å². The Labute approximate surface area is 129 Å². The summed E-state index contributed by atoms with van der Waals surface area (Å²) >= 11 is 0. The number of aromatic amines is 1. The first-order chi connectivity index (χ1) is 10.8. The minimum Gasteiger partial charge on any atom is -0.346 e. The topological polar surface area (TPSA) is 71.8 Å². The van der Waals surface area contributed by atoms with Crippen LogP contribution in [-0.4, -0.2) is 44.6 Å². The van der Waals surface area contributed by atoms with Crippen molar-refractivity contribution in [1.29, 1.82) is 5.26 Å². The Bertz CT molecular complexity index is 766. The fraction of sp³-hybridized carbons (Fsp3) is 0.438. The number of likely N-dealkylation sites (N-methyl/N-ethyl adjacent to an activating group) is 1. The maximum absolute atomic E-state index is 9.12. The Balaban J connectivity index is 1.69. The summed E-state index contributed by atoms with van der Waals surface area (Å²) in [5.74, 6) is 0.648. The highest BCUT2D eigenvalue weighted by atomic mass is 15.6. The van der Waals surface area contributed by atoms with Crippen molar-refractivity contribution in [2.75, 3.05) is 13.6 Å². The van der Waals surface area contributed by atoms with Crippen LogP contribution in [0.15, 0.2) is 24.8 Å². The molecule has 2 aromatic rings. The predicted molar refractivity (Wildman–Crippen MR) is 83.1 cm³/mol. The van der Waals surface area contributed by atoms with Crippen LogP contribution in [0.1, 0.15) is 25.0 Å². The molecule has 0 aromatic carbocycles. The van der Waals surface area contributed by atoms with Gasteiger partial charge in [0.15, 0.2) is 0 Å². The van der Waals surface area contributed by atoms with Gasteiger partial charge in [-0.3, -0.25) is 0 Å². The number of aromatic nitrogens is 3. The Kier molecular flexibility index (Phi) is 3.09. The molecule has 0 spiro atoms. The van der Waals surface area contributed by atoms with E-state index < -0.39 is 0 Å². The highest BCUT2D eigenvalue weighted by molar-refractivity contribution is 5.88. The molecular formula is C16H18N6. The van der Waals surface area contributed by atoms with E-state index >= 15 is 0 Å². The summed E-state index contributed by atoms with van der Waals surface area (Å²) in [5, 5.41) is 14.6. The van der Waals surface area contributed by atoms with Gasteiger partial charge in [0, 0.05) is 36.9 Å². The van der Waals surface area contributed by atoms with E-state index in [1.165, 1.54) is 18.4 Å². The molecule has 0 saturated heterocycles. The van der Waals surface area contributed by atoms with Crippen molar-refractivity contribution in [2.24, 2.45) is 5.92 Å². The number of nitrogens with zero attached hydrogens (tertiary/aromatic N) is 5. The SMILES string of the molecule is CN1CC(c2ncnc3[nH]ccc23)=CN1[C@H](CC#N)C1CC1. The second kappa shape index (κ2) is 5.11. The molecule has 6 nitrogen and oxygen atoms in total. The first-order valence-electron chi connectivity index (χ1n) is 7.63. The van der Waals surface area contributed by atoms with Gasteiger partial charge < -0.3 is 9.99 Å². The molecule has 0 amide bonds. The molecule has 2 aromatic heterocycles. The number of nitrogens with one attached hydrogen (secondary N) is 1. The molecular weight excluding hydrogens is 276 g/mol. The maximum atomic E-state index is 9.12. The zero-order valence-electron chi connectivity index (χ0n) is 12.5. The van der Waals surface area contributed by atoms with Gasteiger partial charge in [-0.25, -0.2) is 15.0 Å². The quantitative estimate of drug-likeness (QED) is 0.935. The molecule has 1 atom stereocenters. The summed E-state index contributed by atoms with van der Waals surface area (Å²) in [5.41, 5.74) is 3.02. The molecule has 3 heterocycles. The molecule has 1 fully saturated rings. The normalized spacial score (nSPS) is 20.2. The maximum Gasteiger partial charge on any atom is 0.141 e. The predicted octanol–water partition coefficient (Wildman–Crippen LogP) is 2.15. The smallest absolute Gasteiger partial charge is 0.141 e. The second-order valence-corrected chi connectivity index (χ2v) is 6.08. The van der Waals surface area contributed by atoms with Crippen LogP contribution in [0.5, 0.6) is 0 Å². The van der Waals surface area contributed by atoms with E-state index in [2.05, 4.69) is 44.3 Å². The Morgan fingerprint density at radius 1 is 1.45 bits per heavy atom. The lowest BCUT2D eigenvalue weighted by Gasteiger charge is -2.32. The van der Waals surface area contributed by atoms with Crippen LogP contribution >= 0.6 is 0 Å². The van der Waals surface area contributed by atoms with Gasteiger partial charge in [-0.2, -0.15) is 5.26 Å². The number of nitriles is 1. The number of rotatable bonds is 4. The van der Waals surface area contributed by atoms with Crippen LogP contribution in [0, 0.1) is 17.2 Å². The van der Waals surface area contributed by atoms with Crippen LogP contribution in [0.4, 0.5) is 0 Å². The molecule has 112 valence electrons. The summed E-state index contributed by atoms with van der Waals surface area (Å²) in [6, 6.07) is 4.64. The summed E-state index contributed by atoms with van der Waals surface area (Å²) < 4.78 is 0. The van der Waals surface area contributed by atoms with Crippen molar-refractivity contribution in [3.05, 3.63) is 30.5 Å². The van der Waals surface area contributed by atoms with E-state index in [4.69, 9.17) is 5.26 Å². The minimum atomic E-state index is 0.288. The Hall–Kier alpha value is -2.39. The van der Waals surface area contributed by atoms with Gasteiger partial charge in [0.1, 0.15) is 12.0 Å².